The molecule has 0 aromatic heterocycles. The molecule has 1 heterocycles. The van der Waals surface area contributed by atoms with Gasteiger partial charge < -0.3 is 19.5 Å². The van der Waals surface area contributed by atoms with Crippen LogP contribution in [0.4, 0.5) is 26.3 Å². The number of alkyl halides is 6. The van der Waals surface area contributed by atoms with E-state index in [1.54, 1.807) is 0 Å². The second-order valence-electron chi connectivity index (χ2n) is 9.67. The minimum Gasteiger partial charge on any atom is -0.494 e. The Morgan fingerprint density at radius 2 is 1.41 bits per heavy atom. The van der Waals surface area contributed by atoms with Crippen LogP contribution in [0.5, 0.6) is 5.75 Å². The van der Waals surface area contributed by atoms with Crippen molar-refractivity contribution in [2.75, 3.05) is 26.3 Å². The number of benzene rings is 3. The van der Waals surface area contributed by atoms with Crippen molar-refractivity contribution in [3.05, 3.63) is 101 Å². The normalized spacial score (nSPS) is 17.6. The lowest BCUT2D eigenvalue weighted by Gasteiger charge is -2.32. The van der Waals surface area contributed by atoms with E-state index in [1.165, 1.54) is 0 Å². The molecule has 0 saturated carbocycles. The summed E-state index contributed by atoms with van der Waals surface area (Å²) in [5.41, 5.74) is -0.802. The number of rotatable bonds is 11. The van der Waals surface area contributed by atoms with Crippen molar-refractivity contribution in [3.8, 4) is 5.75 Å². The van der Waals surface area contributed by atoms with Gasteiger partial charge in [0.1, 0.15) is 5.75 Å². The molecule has 11 heteroatoms. The van der Waals surface area contributed by atoms with E-state index in [2.05, 4.69) is 5.32 Å². The molecule has 3 aromatic rings. The third kappa shape index (κ3) is 9.92. The van der Waals surface area contributed by atoms with Crippen LogP contribution in [0.1, 0.15) is 46.6 Å². The van der Waals surface area contributed by atoms with Crippen molar-refractivity contribution in [1.82, 2.24) is 5.32 Å². The Kier molecular flexibility index (Phi) is 11.9. The smallest absolute Gasteiger partial charge is 0.416 e. The van der Waals surface area contributed by atoms with Gasteiger partial charge in [0.2, 0.25) is 0 Å². The Bertz CT molecular complexity index is 1170. The number of piperidine rings is 1. The summed E-state index contributed by atoms with van der Waals surface area (Å²) in [6, 6.07) is 19.0. The maximum Gasteiger partial charge on any atom is 0.416 e. The van der Waals surface area contributed by atoms with Gasteiger partial charge in [0.05, 0.1) is 43.7 Å². The molecule has 4 nitrogen and oxygen atoms in total. The van der Waals surface area contributed by atoms with E-state index in [-0.39, 0.29) is 36.6 Å². The molecule has 2 atom stereocenters. The van der Waals surface area contributed by atoms with E-state index in [0.29, 0.717) is 57.2 Å². The summed E-state index contributed by atoms with van der Waals surface area (Å²) in [6.07, 6.45) is -8.79. The first-order valence-corrected chi connectivity index (χ1v) is 13.0. The Hall–Kier alpha value is -2.79. The van der Waals surface area contributed by atoms with Gasteiger partial charge in [-0.15, -0.1) is 12.4 Å². The van der Waals surface area contributed by atoms with E-state index in [9.17, 15) is 26.3 Å². The number of halogens is 7. The van der Waals surface area contributed by atoms with Crippen LogP contribution in [0.15, 0.2) is 72.8 Å². The van der Waals surface area contributed by atoms with Crippen LogP contribution in [0.3, 0.4) is 0 Å². The Labute approximate surface area is 241 Å². The SMILES string of the molecule is Cl.FC(F)(F)c1cc(COC2CNCCC2c2ccc(OCCCOCc3ccccc3)cc2)cc(C(F)(F)F)c1. The molecular formula is C30H32ClF6NO3. The number of hydrogen-bond acceptors (Lipinski definition) is 4. The molecule has 1 fully saturated rings. The highest BCUT2D eigenvalue weighted by Gasteiger charge is 2.37. The van der Waals surface area contributed by atoms with Crippen LogP contribution in [0.2, 0.25) is 0 Å². The molecule has 224 valence electrons. The molecule has 2 unspecified atom stereocenters. The molecule has 3 aromatic carbocycles. The lowest BCUT2D eigenvalue weighted by atomic mass is 9.87. The number of ether oxygens (including phenoxy) is 3. The molecule has 41 heavy (non-hydrogen) atoms. The molecule has 0 amide bonds. The summed E-state index contributed by atoms with van der Waals surface area (Å²) in [5.74, 6) is 0.622. The molecule has 1 aliphatic rings. The van der Waals surface area contributed by atoms with Crippen LogP contribution in [0, 0.1) is 0 Å². The van der Waals surface area contributed by atoms with Crippen LogP contribution in [-0.2, 0) is 35.0 Å². The lowest BCUT2D eigenvalue weighted by molar-refractivity contribution is -0.143. The minimum absolute atomic E-state index is 0. The van der Waals surface area contributed by atoms with Crippen molar-refractivity contribution < 1.29 is 40.6 Å². The lowest BCUT2D eigenvalue weighted by Crippen LogP contribution is -2.41. The van der Waals surface area contributed by atoms with E-state index >= 15 is 0 Å². The van der Waals surface area contributed by atoms with E-state index < -0.39 is 29.6 Å². The zero-order chi connectivity index (χ0) is 28.6. The standard InChI is InChI=1S/C30H31F6NO3.ClH/c31-29(32,33)24-15-22(16-25(17-24)30(34,35)36)20-40-28-18-37-12-11-27(28)23-7-9-26(10-8-23)39-14-4-13-38-19-21-5-2-1-3-6-21;/h1-3,5-10,15-17,27-28,37H,4,11-14,18-20H2;1H. The van der Waals surface area contributed by atoms with Crippen LogP contribution < -0.4 is 10.1 Å². The van der Waals surface area contributed by atoms with Crippen LogP contribution >= 0.6 is 12.4 Å². The molecule has 0 spiro atoms. The molecule has 1 aliphatic heterocycles. The zero-order valence-corrected chi connectivity index (χ0v) is 23.0. The average molecular weight is 604 g/mol. The van der Waals surface area contributed by atoms with Gasteiger partial charge in [0.25, 0.3) is 0 Å². The molecule has 0 radical (unpaired) electrons. The van der Waals surface area contributed by atoms with Gasteiger partial charge in [0.15, 0.2) is 0 Å². The largest absolute Gasteiger partial charge is 0.494 e. The molecular weight excluding hydrogens is 572 g/mol. The van der Waals surface area contributed by atoms with Crippen molar-refractivity contribution in [2.24, 2.45) is 0 Å². The monoisotopic (exact) mass is 603 g/mol. The van der Waals surface area contributed by atoms with Gasteiger partial charge in [-0.2, -0.15) is 26.3 Å². The molecule has 1 N–H and O–H groups in total. The van der Waals surface area contributed by atoms with Crippen molar-refractivity contribution >= 4 is 12.4 Å². The predicted octanol–water partition coefficient (Wildman–Crippen LogP) is 7.79. The highest BCUT2D eigenvalue weighted by molar-refractivity contribution is 5.85. The topological polar surface area (TPSA) is 39.7 Å². The van der Waals surface area contributed by atoms with Crippen LogP contribution in [0.25, 0.3) is 0 Å². The Morgan fingerprint density at radius 3 is 2.05 bits per heavy atom. The highest BCUT2D eigenvalue weighted by atomic mass is 35.5. The summed E-state index contributed by atoms with van der Waals surface area (Å²) in [5, 5.41) is 3.19. The summed E-state index contributed by atoms with van der Waals surface area (Å²) >= 11 is 0. The molecule has 1 saturated heterocycles. The maximum absolute atomic E-state index is 13.2. The maximum atomic E-state index is 13.2. The third-order valence-electron chi connectivity index (χ3n) is 6.66. The second-order valence-corrected chi connectivity index (χ2v) is 9.67. The summed E-state index contributed by atoms with van der Waals surface area (Å²) < 4.78 is 96.6. The van der Waals surface area contributed by atoms with Gasteiger partial charge in [-0.05, 0) is 60.0 Å². The van der Waals surface area contributed by atoms with Gasteiger partial charge in [0, 0.05) is 18.9 Å². The van der Waals surface area contributed by atoms with Gasteiger partial charge in [-0.25, -0.2) is 0 Å². The van der Waals surface area contributed by atoms with E-state index in [0.717, 1.165) is 17.5 Å². The first-order chi connectivity index (χ1) is 19.1. The molecule has 0 aliphatic carbocycles. The van der Waals surface area contributed by atoms with Crippen LogP contribution in [-0.4, -0.2) is 32.4 Å². The zero-order valence-electron chi connectivity index (χ0n) is 22.1. The molecule has 4 rings (SSSR count). The van der Waals surface area contributed by atoms with E-state index in [4.69, 9.17) is 14.2 Å². The number of hydrogen-bond donors (Lipinski definition) is 1. The average Bonchev–Trinajstić information content (AvgIpc) is 2.94. The van der Waals surface area contributed by atoms with Gasteiger partial charge >= 0.3 is 12.4 Å². The van der Waals surface area contributed by atoms with Crippen molar-refractivity contribution in [3.63, 3.8) is 0 Å². The second kappa shape index (κ2) is 14.9. The summed E-state index contributed by atoms with van der Waals surface area (Å²) in [6.45, 7) is 2.38. The Balaban J connectivity index is 0.00000462. The molecule has 0 bridgehead atoms. The first kappa shape index (κ1) is 32.7. The van der Waals surface area contributed by atoms with Gasteiger partial charge in [-0.1, -0.05) is 42.5 Å². The third-order valence-corrected chi connectivity index (χ3v) is 6.66. The predicted molar refractivity (Wildman–Crippen MR) is 145 cm³/mol. The summed E-state index contributed by atoms with van der Waals surface area (Å²) in [4.78, 5) is 0. The summed E-state index contributed by atoms with van der Waals surface area (Å²) in [7, 11) is 0. The minimum atomic E-state index is -4.90. The Morgan fingerprint density at radius 1 is 0.756 bits per heavy atom. The quantitative estimate of drug-likeness (QED) is 0.179. The fraction of sp³-hybridized carbons (Fsp3) is 0.400. The van der Waals surface area contributed by atoms with E-state index in [1.807, 2.05) is 54.6 Å². The fourth-order valence-electron chi connectivity index (χ4n) is 4.62. The van der Waals surface area contributed by atoms with Gasteiger partial charge in [-0.3, -0.25) is 0 Å². The van der Waals surface area contributed by atoms with Crippen molar-refractivity contribution in [2.45, 2.75) is 50.4 Å². The van der Waals surface area contributed by atoms with Crippen molar-refractivity contribution in [1.29, 1.82) is 0 Å². The number of nitrogens with one attached hydrogen (secondary N) is 1. The fourth-order valence-corrected chi connectivity index (χ4v) is 4.62. The highest BCUT2D eigenvalue weighted by Crippen LogP contribution is 2.37. The first-order valence-electron chi connectivity index (χ1n) is 13.0.